The molecule has 0 bridgehead atoms. The Morgan fingerprint density at radius 3 is 1.32 bits per heavy atom. The van der Waals surface area contributed by atoms with Gasteiger partial charge < -0.3 is 45.3 Å². The molecule has 0 saturated carbocycles. The van der Waals surface area contributed by atoms with Crippen molar-refractivity contribution in [1.82, 2.24) is 25.3 Å². The number of β-amino-alcohol motifs (C(OH)–C–C–N with tert-alkyl or cyclic N) is 2. The van der Waals surface area contributed by atoms with Crippen LogP contribution < -0.4 is 10.6 Å². The normalized spacial score (nSPS) is 20.4. The van der Waals surface area contributed by atoms with Crippen LogP contribution >= 0.6 is 58.0 Å². The number of likely N-dealkylation sites (tertiary alicyclic amines) is 2. The van der Waals surface area contributed by atoms with E-state index in [4.69, 9.17) is 72.2 Å². The minimum atomic E-state index is -0.613. The number of hydrogen-bond acceptors (Lipinski definition) is 12. The summed E-state index contributed by atoms with van der Waals surface area (Å²) in [5.41, 5.74) is 7.77. The predicted molar refractivity (Wildman–Crippen MR) is 409 cm³/mol. The molecule has 5 aliphatic heterocycles. The van der Waals surface area contributed by atoms with Gasteiger partial charge >= 0.3 is 18.3 Å². The number of amides is 3. The summed E-state index contributed by atoms with van der Waals surface area (Å²) in [6, 6.07) is 65.8. The molecule has 3 amide bonds. The maximum absolute atomic E-state index is 12.4. The molecule has 8 aromatic rings. The molecule has 13 rings (SSSR count). The van der Waals surface area contributed by atoms with Crippen molar-refractivity contribution in [2.24, 2.45) is 0 Å². The van der Waals surface area contributed by atoms with Crippen LogP contribution in [0.15, 0.2) is 224 Å². The summed E-state index contributed by atoms with van der Waals surface area (Å²) in [5, 5.41) is 49.0. The van der Waals surface area contributed by atoms with Crippen molar-refractivity contribution in [3.8, 4) is 0 Å². The molecule has 9 atom stereocenters. The Bertz CT molecular complexity index is 3680. The molecule has 6 N–H and O–H groups in total. The topological polar surface area (TPSA) is 194 Å². The van der Waals surface area contributed by atoms with E-state index >= 15 is 0 Å². The molecule has 5 aliphatic rings. The van der Waals surface area contributed by atoms with Gasteiger partial charge in [0, 0.05) is 50.8 Å². The van der Waals surface area contributed by atoms with E-state index in [-0.39, 0.29) is 113 Å². The number of aliphatic hydroxyl groups is 4. The van der Waals surface area contributed by atoms with Gasteiger partial charge in [0.05, 0.1) is 55.1 Å². The first kappa shape index (κ1) is 86.7. The first-order valence-electron chi connectivity index (χ1n) is 31.1. The monoisotopic (exact) mass is 1470 g/mol. The highest BCUT2D eigenvalue weighted by Crippen LogP contribution is 2.36. The van der Waals surface area contributed by atoms with Gasteiger partial charge in [-0.05, 0) is 137 Å². The van der Waals surface area contributed by atoms with Crippen LogP contribution in [-0.2, 0) is 34.0 Å². The summed E-state index contributed by atoms with van der Waals surface area (Å²) < 4.78 is 16.2. The molecular weight excluding hydrogens is 1370 g/mol. The van der Waals surface area contributed by atoms with Gasteiger partial charge in [0.15, 0.2) is 0 Å². The molecule has 0 spiro atoms. The van der Waals surface area contributed by atoms with Crippen molar-refractivity contribution in [1.29, 1.82) is 0 Å². The number of rotatable bonds is 11. The van der Waals surface area contributed by atoms with Crippen molar-refractivity contribution < 1.29 is 49.0 Å². The number of carbonyl (C=O) groups excluding carboxylic acids is 3. The highest BCUT2D eigenvalue weighted by atomic mass is 35.5. The molecule has 8 aromatic carbocycles. The first-order chi connectivity index (χ1) is 45.5. The minimum absolute atomic E-state index is 0. The predicted octanol–water partition coefficient (Wildman–Crippen LogP) is 19.4. The number of benzene rings is 8. The van der Waals surface area contributed by atoms with E-state index in [1.54, 1.807) is 32.9 Å². The SMILES string of the molecule is C.C.C.C.C.C.O=C(OCc1ccccc1)N1CC=CC1c1cccc(Cl)c1.O=C(OCc1ccccc1)N1CC[C@H](O)C1c1cccc(Cl)c1.O=C(OCc1ccccc1)N1C[C@H](O)CC1c1cccc(Cl)c1.O[C@H]1CCNC1c1cccc(Cl)c1.O[C@H]1CNC(c2cccc(Cl)c2)C1. The Morgan fingerprint density at radius 1 is 0.430 bits per heavy atom. The highest BCUT2D eigenvalue weighted by Gasteiger charge is 2.39. The third-order valence-corrected chi connectivity index (χ3v) is 17.5. The molecule has 0 aromatic heterocycles. The van der Waals surface area contributed by atoms with E-state index in [9.17, 15) is 34.8 Å². The molecule has 4 saturated heterocycles. The van der Waals surface area contributed by atoms with E-state index < -0.39 is 30.4 Å². The molecule has 4 fully saturated rings. The van der Waals surface area contributed by atoms with E-state index in [1.807, 2.05) is 206 Å². The fourth-order valence-electron chi connectivity index (χ4n) is 11.6. The van der Waals surface area contributed by atoms with Crippen LogP contribution in [-0.4, -0.2) is 111 Å². The number of hydrogen-bond donors (Lipinski definition) is 6. The third-order valence-electron chi connectivity index (χ3n) is 16.3. The van der Waals surface area contributed by atoms with Crippen LogP contribution in [0.25, 0.3) is 0 Å². The number of aliphatic hydroxyl groups excluding tert-OH is 4. The molecule has 5 heterocycles. The standard InChI is InChI=1S/2C18H18ClNO3.C18H16ClNO2.2C10H12ClNO.6CH4/c19-15-8-4-7-14(9-15)17-10-16(21)11-20(17)18(22)23-12-13-5-2-1-3-6-13;19-15-8-4-7-14(11-15)17-16(21)9-10-20(17)18(22)23-12-13-5-2-1-3-6-13;19-16-9-4-8-15(12-16)17-10-5-11-20(17)18(21)22-13-14-6-2-1-3-7-14;11-8-3-1-2-7(4-8)10-5-9(13)6-12-10;11-8-3-1-2-7(6-8)10-9(13)4-5-12-10;;;;;;/h1-9,16-17,21H,10-12H2;1-8,11,16-17,21H,9-10,12H2;1-10,12,17H,11,13H2;1-4,9-10,12-13H,5-6H2;1-3,6,9-10,12-13H,4-5H2;6*1H4/t2*16-,17?;;2*9-,10?;;;;;;/m10.10....../s1. The lowest BCUT2D eigenvalue weighted by Gasteiger charge is -2.26. The Hall–Kier alpha value is -7.48. The molecule has 0 radical (unpaired) electrons. The summed E-state index contributed by atoms with van der Waals surface area (Å²) in [6.07, 6.45) is 3.74. The zero-order valence-electron chi connectivity index (χ0n) is 51.5. The van der Waals surface area contributed by atoms with Gasteiger partial charge in [-0.3, -0.25) is 14.7 Å². The number of ether oxygens (including phenoxy) is 3. The van der Waals surface area contributed by atoms with Gasteiger partial charge in [0.2, 0.25) is 0 Å². The summed E-state index contributed by atoms with van der Waals surface area (Å²) >= 11 is 29.8. The number of carbonyl (C=O) groups is 3. The summed E-state index contributed by atoms with van der Waals surface area (Å²) in [5.74, 6) is 0. The van der Waals surface area contributed by atoms with E-state index in [2.05, 4.69) is 10.6 Å². The van der Waals surface area contributed by atoms with Crippen LogP contribution in [0.1, 0.15) is 145 Å². The minimum Gasteiger partial charge on any atom is -0.445 e. The fourth-order valence-corrected chi connectivity index (χ4v) is 12.6. The second-order valence-corrected chi connectivity index (χ2v) is 25.3. The van der Waals surface area contributed by atoms with Gasteiger partial charge in [0.25, 0.3) is 0 Å². The average molecular weight is 1470 g/mol. The van der Waals surface area contributed by atoms with E-state index in [0.717, 1.165) is 73.9 Å². The van der Waals surface area contributed by atoms with E-state index in [0.29, 0.717) is 47.5 Å². The van der Waals surface area contributed by atoms with Crippen LogP contribution in [0.3, 0.4) is 0 Å². The molecule has 540 valence electrons. The number of nitrogens with one attached hydrogen (secondary N) is 2. The molecular formula is C80H100Cl5N5O10. The lowest BCUT2D eigenvalue weighted by molar-refractivity contribution is 0.0714. The Kier molecular flexibility index (Phi) is 38.2. The number of nitrogens with zero attached hydrogens (tertiary/aromatic N) is 3. The summed E-state index contributed by atoms with van der Waals surface area (Å²) in [6.45, 7) is 3.54. The zero-order chi connectivity index (χ0) is 66.3. The Morgan fingerprint density at radius 2 is 0.850 bits per heavy atom. The molecule has 100 heavy (non-hydrogen) atoms. The summed E-state index contributed by atoms with van der Waals surface area (Å²) in [7, 11) is 0. The molecule has 15 nitrogen and oxygen atoms in total. The third kappa shape index (κ3) is 25.8. The second-order valence-electron chi connectivity index (χ2n) is 23.1. The maximum Gasteiger partial charge on any atom is 0.411 e. The zero-order valence-corrected chi connectivity index (χ0v) is 55.3. The molecule has 5 unspecified atom stereocenters. The smallest absolute Gasteiger partial charge is 0.411 e. The van der Waals surface area contributed by atoms with Crippen molar-refractivity contribution in [2.75, 3.05) is 32.7 Å². The quantitative estimate of drug-likeness (QED) is 0.0531. The lowest BCUT2D eigenvalue weighted by atomic mass is 10.0. The van der Waals surface area contributed by atoms with E-state index in [1.165, 1.54) is 0 Å². The first-order valence-corrected chi connectivity index (χ1v) is 33.0. The Labute approximate surface area is 618 Å². The maximum atomic E-state index is 12.4. The van der Waals surface area contributed by atoms with Crippen molar-refractivity contribution in [3.05, 3.63) is 294 Å². The number of halogens is 5. The van der Waals surface area contributed by atoms with Gasteiger partial charge in [-0.15, -0.1) is 0 Å². The van der Waals surface area contributed by atoms with Crippen LogP contribution in [0.5, 0.6) is 0 Å². The summed E-state index contributed by atoms with van der Waals surface area (Å²) in [4.78, 5) is 41.9. The van der Waals surface area contributed by atoms with Crippen molar-refractivity contribution in [3.63, 3.8) is 0 Å². The van der Waals surface area contributed by atoms with Crippen LogP contribution in [0.2, 0.25) is 25.1 Å². The highest BCUT2D eigenvalue weighted by molar-refractivity contribution is 6.31. The van der Waals surface area contributed by atoms with Crippen LogP contribution in [0.4, 0.5) is 14.4 Å². The van der Waals surface area contributed by atoms with Crippen molar-refractivity contribution >= 4 is 76.3 Å². The second kappa shape index (κ2) is 44.0. The van der Waals surface area contributed by atoms with Gasteiger partial charge in [-0.25, -0.2) is 14.4 Å². The van der Waals surface area contributed by atoms with Gasteiger partial charge in [-0.1, -0.05) is 266 Å². The lowest BCUT2D eigenvalue weighted by Crippen LogP contribution is -2.33. The largest absolute Gasteiger partial charge is 0.445 e. The average Bonchev–Trinajstić information content (AvgIpc) is 1.66. The fraction of sp³-hybridized carbons (Fsp3) is 0.338. The molecule has 20 heteroatoms. The van der Waals surface area contributed by atoms with Gasteiger partial charge in [-0.2, -0.15) is 0 Å². The Balaban J connectivity index is 0.000000326. The van der Waals surface area contributed by atoms with Gasteiger partial charge in [0.1, 0.15) is 19.8 Å². The van der Waals surface area contributed by atoms with Crippen molar-refractivity contribution in [2.45, 2.75) is 145 Å². The molecule has 0 aliphatic carbocycles. The van der Waals surface area contributed by atoms with Crippen LogP contribution in [0, 0.1) is 0 Å².